The summed E-state index contributed by atoms with van der Waals surface area (Å²) in [5.74, 6) is 0.884. The second kappa shape index (κ2) is 7.37. The lowest BCUT2D eigenvalue weighted by Gasteiger charge is -2.43. The lowest BCUT2D eigenvalue weighted by atomic mass is 9.86. The fraction of sp³-hybridized carbons (Fsp3) is 0.300. The van der Waals surface area contributed by atoms with E-state index in [-0.39, 0.29) is 5.54 Å². The predicted octanol–water partition coefficient (Wildman–Crippen LogP) is 3.66. The van der Waals surface area contributed by atoms with Crippen LogP contribution in [0.2, 0.25) is 0 Å². The van der Waals surface area contributed by atoms with Gasteiger partial charge in [-0.3, -0.25) is 4.99 Å². The van der Waals surface area contributed by atoms with Crippen LogP contribution in [0.3, 0.4) is 0 Å². The summed E-state index contributed by atoms with van der Waals surface area (Å²) in [6.45, 7) is 9.26. The van der Waals surface area contributed by atoms with Crippen LogP contribution in [0.5, 0.6) is 0 Å². The maximum absolute atomic E-state index is 9.12. The molecule has 2 N–H and O–H groups in total. The number of allylic oxidation sites excluding steroid dienone is 2. The van der Waals surface area contributed by atoms with Crippen LogP contribution < -0.4 is 10.6 Å². The van der Waals surface area contributed by atoms with E-state index in [1.165, 1.54) is 0 Å². The summed E-state index contributed by atoms with van der Waals surface area (Å²) in [6.07, 6.45) is 5.13. The molecule has 2 heterocycles. The molecule has 0 aromatic heterocycles. The highest BCUT2D eigenvalue weighted by molar-refractivity contribution is 6.09. The molecule has 3 rings (SSSR count). The Morgan fingerprint density at radius 2 is 2.04 bits per heavy atom. The van der Waals surface area contributed by atoms with Gasteiger partial charge in [0.2, 0.25) is 0 Å². The maximum Gasteiger partial charge on any atom is 0.127 e. The number of aliphatic imine (C=N–C) groups is 1. The summed E-state index contributed by atoms with van der Waals surface area (Å²) >= 11 is 0. The maximum atomic E-state index is 9.12. The van der Waals surface area contributed by atoms with Crippen molar-refractivity contribution in [2.24, 2.45) is 4.99 Å². The molecule has 128 valence electrons. The third-order valence-corrected chi connectivity index (χ3v) is 4.60. The average Bonchev–Trinajstić information content (AvgIpc) is 2.65. The van der Waals surface area contributed by atoms with Crippen LogP contribution in [0.1, 0.15) is 12.8 Å². The van der Waals surface area contributed by atoms with Gasteiger partial charge in [-0.1, -0.05) is 37.4 Å². The smallest absolute Gasteiger partial charge is 0.127 e. The average molecular weight is 334 g/mol. The summed E-state index contributed by atoms with van der Waals surface area (Å²) in [6, 6.07) is 10.2. The van der Waals surface area contributed by atoms with Crippen molar-refractivity contribution in [1.29, 1.82) is 5.26 Å². The first-order chi connectivity index (χ1) is 12.2. The van der Waals surface area contributed by atoms with Crippen LogP contribution in [0.4, 0.5) is 11.4 Å². The van der Waals surface area contributed by atoms with Crippen molar-refractivity contribution in [3.05, 3.63) is 60.7 Å². The summed E-state index contributed by atoms with van der Waals surface area (Å²) in [5, 5.41) is 16.3. The Hall–Kier alpha value is -2.84. The molecule has 1 fully saturated rings. The van der Waals surface area contributed by atoms with Gasteiger partial charge in [-0.25, -0.2) is 0 Å². The van der Waals surface area contributed by atoms with Gasteiger partial charge in [0, 0.05) is 31.6 Å². The van der Waals surface area contributed by atoms with Crippen molar-refractivity contribution in [2.75, 3.05) is 30.4 Å². The van der Waals surface area contributed by atoms with E-state index in [4.69, 9.17) is 15.0 Å². The Bertz CT molecular complexity index is 779. The monoisotopic (exact) mass is 334 g/mol. The van der Waals surface area contributed by atoms with Gasteiger partial charge in [-0.15, -0.1) is 0 Å². The van der Waals surface area contributed by atoms with Crippen LogP contribution >= 0.6 is 0 Å². The Morgan fingerprint density at radius 3 is 2.72 bits per heavy atom. The molecule has 0 amide bonds. The zero-order chi connectivity index (χ0) is 17.7. The van der Waals surface area contributed by atoms with Crippen molar-refractivity contribution in [1.82, 2.24) is 0 Å². The number of hydrogen-bond acceptors (Lipinski definition) is 4. The number of hydrogen-bond donors (Lipinski definition) is 2. The number of benzene rings is 1. The highest BCUT2D eigenvalue weighted by atomic mass is 16.5. The molecule has 5 nitrogen and oxygen atoms in total. The van der Waals surface area contributed by atoms with Gasteiger partial charge in [-0.05, 0) is 17.7 Å². The molecule has 1 aromatic rings. The number of ether oxygens (including phenoxy) is 1. The zero-order valence-corrected chi connectivity index (χ0v) is 14.2. The quantitative estimate of drug-likeness (QED) is 0.651. The molecule has 1 saturated heterocycles. The van der Waals surface area contributed by atoms with Gasteiger partial charge >= 0.3 is 0 Å². The number of para-hydroxylation sites is 2. The summed E-state index contributed by atoms with van der Waals surface area (Å²) in [4.78, 5) is 4.81. The van der Waals surface area contributed by atoms with Crippen LogP contribution in [0.25, 0.3) is 0 Å². The van der Waals surface area contributed by atoms with E-state index in [0.717, 1.165) is 35.6 Å². The Balaban J connectivity index is 1.94. The van der Waals surface area contributed by atoms with Crippen molar-refractivity contribution in [2.45, 2.75) is 18.4 Å². The third-order valence-electron chi connectivity index (χ3n) is 4.60. The first-order valence-corrected chi connectivity index (χ1v) is 8.36. The molecule has 0 saturated carbocycles. The van der Waals surface area contributed by atoms with Crippen molar-refractivity contribution in [3.8, 4) is 6.07 Å². The number of fused-ring (bicyclic) bond motifs is 1. The number of nitriles is 1. The molecule has 1 aromatic carbocycles. The molecule has 0 bridgehead atoms. The molecule has 0 aliphatic carbocycles. The first-order valence-electron chi connectivity index (χ1n) is 8.36. The molecule has 0 unspecified atom stereocenters. The lowest BCUT2D eigenvalue weighted by molar-refractivity contribution is 0.0778. The number of amidine groups is 1. The predicted molar refractivity (Wildman–Crippen MR) is 102 cm³/mol. The second-order valence-electron chi connectivity index (χ2n) is 6.17. The van der Waals surface area contributed by atoms with Crippen LogP contribution in [0, 0.1) is 11.3 Å². The summed E-state index contributed by atoms with van der Waals surface area (Å²) in [7, 11) is 0. The number of nitrogens with zero attached hydrogens (tertiary/aromatic N) is 2. The molecule has 0 radical (unpaired) electrons. The van der Waals surface area contributed by atoms with E-state index >= 15 is 0 Å². The zero-order valence-electron chi connectivity index (χ0n) is 14.2. The number of nitrogens with one attached hydrogen (secondary N) is 2. The van der Waals surface area contributed by atoms with E-state index in [2.05, 4.69) is 35.9 Å². The Kier molecular flexibility index (Phi) is 5.01. The van der Waals surface area contributed by atoms with Gasteiger partial charge in [0.1, 0.15) is 5.84 Å². The molecule has 2 aliphatic rings. The molecule has 25 heavy (non-hydrogen) atoms. The van der Waals surface area contributed by atoms with Gasteiger partial charge in [0.05, 0.1) is 29.5 Å². The van der Waals surface area contributed by atoms with Crippen molar-refractivity contribution < 1.29 is 4.74 Å². The standard InChI is InChI=1S/C20H22N4O/c1-3-6-16(15(2)13-21)14-22-19-20(9-11-25-12-10-20)24-18-8-5-4-7-17(18)23-19/h3-8,24H,1-2,9-12,14H2,(H,22,23)/b16-6-. The fourth-order valence-electron chi connectivity index (χ4n) is 3.16. The largest absolute Gasteiger partial charge is 0.381 e. The van der Waals surface area contributed by atoms with E-state index in [9.17, 15) is 0 Å². The molecule has 5 heteroatoms. The van der Waals surface area contributed by atoms with Crippen molar-refractivity contribution in [3.63, 3.8) is 0 Å². The van der Waals surface area contributed by atoms with Gasteiger partial charge in [-0.2, -0.15) is 5.26 Å². The van der Waals surface area contributed by atoms with Crippen LogP contribution in [0.15, 0.2) is 65.7 Å². The second-order valence-corrected chi connectivity index (χ2v) is 6.17. The van der Waals surface area contributed by atoms with Gasteiger partial charge in [0.25, 0.3) is 0 Å². The normalized spacial score (nSPS) is 20.1. The fourth-order valence-corrected chi connectivity index (χ4v) is 3.16. The topological polar surface area (TPSA) is 69.4 Å². The molecular weight excluding hydrogens is 312 g/mol. The Labute approximate surface area is 148 Å². The molecule has 2 aliphatic heterocycles. The molecular formula is C20H22N4O. The SMILES string of the molecule is C=C/C=C(/CN=C1Nc2ccccc2NC12CCOCC2)C(=C)C#N. The Morgan fingerprint density at radius 1 is 1.32 bits per heavy atom. The van der Waals surface area contributed by atoms with E-state index in [0.29, 0.717) is 25.3 Å². The van der Waals surface area contributed by atoms with E-state index < -0.39 is 0 Å². The minimum atomic E-state index is -0.264. The van der Waals surface area contributed by atoms with Gasteiger partial charge in [0.15, 0.2) is 0 Å². The van der Waals surface area contributed by atoms with Crippen LogP contribution in [-0.4, -0.2) is 31.1 Å². The first kappa shape index (κ1) is 17.0. The summed E-state index contributed by atoms with van der Waals surface area (Å²) in [5.41, 5.74) is 3.00. The summed E-state index contributed by atoms with van der Waals surface area (Å²) < 4.78 is 5.55. The number of rotatable bonds is 4. The molecule has 0 atom stereocenters. The highest BCUT2D eigenvalue weighted by Crippen LogP contribution is 2.36. The molecule has 1 spiro atoms. The minimum absolute atomic E-state index is 0.264. The highest BCUT2D eigenvalue weighted by Gasteiger charge is 2.41. The number of anilines is 2. The van der Waals surface area contributed by atoms with Gasteiger partial charge < -0.3 is 15.4 Å². The van der Waals surface area contributed by atoms with Crippen LogP contribution in [-0.2, 0) is 4.74 Å². The minimum Gasteiger partial charge on any atom is -0.381 e. The van der Waals surface area contributed by atoms with Crippen molar-refractivity contribution >= 4 is 17.2 Å². The van der Waals surface area contributed by atoms with E-state index in [1.807, 2.05) is 18.2 Å². The third kappa shape index (κ3) is 3.49. The van der Waals surface area contributed by atoms with E-state index in [1.54, 1.807) is 12.2 Å². The lowest BCUT2D eigenvalue weighted by Crippen LogP contribution is -2.55.